The number of rotatable bonds is 5. The number of esters is 1. The van der Waals surface area contributed by atoms with Crippen molar-refractivity contribution < 1.29 is 14.3 Å². The lowest BCUT2D eigenvalue weighted by molar-refractivity contribution is 0.0599. The van der Waals surface area contributed by atoms with Gasteiger partial charge in [0.15, 0.2) is 0 Å². The number of nitrogens with zero attached hydrogens (tertiary/aromatic N) is 2. The number of aromatic amines is 1. The minimum Gasteiger partial charge on any atom is -0.465 e. The zero-order valence-electron chi connectivity index (χ0n) is 18.1. The van der Waals surface area contributed by atoms with Crippen molar-refractivity contribution in [2.24, 2.45) is 0 Å². The molecule has 0 atom stereocenters. The standard InChI is InChI=1S/C23H31N3O3/c1-6-8-18-20(23(28)29-5)17(4)24-21(18)22(27)26-13-11-25(12-14-26)19-10-7-9-15(2)16(19)3/h7,9-10,24H,6,8,11-14H2,1-5H3. The normalized spacial score (nSPS) is 14.2. The molecule has 0 radical (unpaired) electrons. The fraction of sp³-hybridized carbons (Fsp3) is 0.478. The van der Waals surface area contributed by atoms with Crippen molar-refractivity contribution in [3.8, 4) is 0 Å². The molecule has 1 saturated heterocycles. The minimum absolute atomic E-state index is 0.0349. The maximum atomic E-state index is 13.3. The molecule has 2 aromatic rings. The zero-order valence-corrected chi connectivity index (χ0v) is 18.1. The van der Waals surface area contributed by atoms with Crippen LogP contribution in [0.3, 0.4) is 0 Å². The second kappa shape index (κ2) is 8.72. The number of carbonyl (C=O) groups is 2. The number of aromatic nitrogens is 1. The molecule has 156 valence electrons. The van der Waals surface area contributed by atoms with Crippen molar-refractivity contribution in [1.82, 2.24) is 9.88 Å². The third kappa shape index (κ3) is 4.02. The van der Waals surface area contributed by atoms with Gasteiger partial charge in [0.2, 0.25) is 0 Å². The van der Waals surface area contributed by atoms with Gasteiger partial charge < -0.3 is 19.5 Å². The Morgan fingerprint density at radius 1 is 1.10 bits per heavy atom. The molecule has 1 amide bonds. The van der Waals surface area contributed by atoms with Gasteiger partial charge in [-0.15, -0.1) is 0 Å². The van der Waals surface area contributed by atoms with Crippen molar-refractivity contribution >= 4 is 17.6 Å². The molecule has 1 aromatic heterocycles. The Hall–Kier alpha value is -2.76. The summed E-state index contributed by atoms with van der Waals surface area (Å²) in [6, 6.07) is 6.36. The summed E-state index contributed by atoms with van der Waals surface area (Å²) in [5, 5.41) is 0. The highest BCUT2D eigenvalue weighted by molar-refractivity contribution is 6.00. The average molecular weight is 398 g/mol. The Bertz CT molecular complexity index is 908. The molecule has 1 aliphatic heterocycles. The molecular weight excluding hydrogens is 366 g/mol. The van der Waals surface area contributed by atoms with E-state index in [0.29, 0.717) is 36.5 Å². The zero-order chi connectivity index (χ0) is 21.1. The van der Waals surface area contributed by atoms with Crippen LogP contribution in [0.1, 0.15) is 56.6 Å². The first-order chi connectivity index (χ1) is 13.9. The molecule has 1 aromatic carbocycles. The van der Waals surface area contributed by atoms with Crippen LogP contribution >= 0.6 is 0 Å². The van der Waals surface area contributed by atoms with Crippen molar-refractivity contribution in [2.45, 2.75) is 40.5 Å². The number of methoxy groups -OCH3 is 1. The largest absolute Gasteiger partial charge is 0.465 e. The number of amides is 1. The summed E-state index contributed by atoms with van der Waals surface area (Å²) in [6.45, 7) is 11.0. The van der Waals surface area contributed by atoms with Gasteiger partial charge in [0, 0.05) is 37.6 Å². The molecule has 0 aliphatic carbocycles. The SMILES string of the molecule is CCCc1c(C(=O)N2CCN(c3cccc(C)c3C)CC2)[nH]c(C)c1C(=O)OC. The number of nitrogens with one attached hydrogen (secondary N) is 1. The fourth-order valence-electron chi connectivity index (χ4n) is 4.12. The van der Waals surface area contributed by atoms with E-state index in [-0.39, 0.29) is 11.9 Å². The summed E-state index contributed by atoms with van der Waals surface area (Å²) in [4.78, 5) is 32.9. The third-order valence-electron chi connectivity index (χ3n) is 5.88. The molecule has 2 heterocycles. The van der Waals surface area contributed by atoms with E-state index in [0.717, 1.165) is 25.1 Å². The van der Waals surface area contributed by atoms with Crippen LogP contribution in [0.5, 0.6) is 0 Å². The van der Waals surface area contributed by atoms with Gasteiger partial charge in [-0.05, 0) is 49.9 Å². The van der Waals surface area contributed by atoms with Gasteiger partial charge in [-0.25, -0.2) is 4.79 Å². The quantitative estimate of drug-likeness (QED) is 0.783. The maximum Gasteiger partial charge on any atom is 0.339 e. The Balaban J connectivity index is 1.79. The predicted molar refractivity (Wildman–Crippen MR) is 115 cm³/mol. The van der Waals surface area contributed by atoms with Crippen LogP contribution in [0.25, 0.3) is 0 Å². The molecule has 1 aliphatic rings. The molecule has 6 heteroatoms. The smallest absolute Gasteiger partial charge is 0.339 e. The van der Waals surface area contributed by atoms with E-state index in [1.807, 2.05) is 18.7 Å². The lowest BCUT2D eigenvalue weighted by Crippen LogP contribution is -2.49. The van der Waals surface area contributed by atoms with Crippen molar-refractivity contribution in [1.29, 1.82) is 0 Å². The number of carbonyl (C=O) groups excluding carboxylic acids is 2. The number of ether oxygens (including phenoxy) is 1. The van der Waals surface area contributed by atoms with Crippen LogP contribution < -0.4 is 4.90 Å². The molecular formula is C23H31N3O3. The van der Waals surface area contributed by atoms with Crippen molar-refractivity contribution in [3.63, 3.8) is 0 Å². The molecule has 3 rings (SSSR count). The summed E-state index contributed by atoms with van der Waals surface area (Å²) in [6.07, 6.45) is 1.51. The lowest BCUT2D eigenvalue weighted by atomic mass is 10.0. The number of anilines is 1. The molecule has 1 fully saturated rings. The number of benzene rings is 1. The lowest BCUT2D eigenvalue weighted by Gasteiger charge is -2.37. The second-order valence-corrected chi connectivity index (χ2v) is 7.72. The van der Waals surface area contributed by atoms with Crippen molar-refractivity contribution in [3.05, 3.63) is 51.8 Å². The molecule has 0 spiro atoms. The first-order valence-electron chi connectivity index (χ1n) is 10.3. The highest BCUT2D eigenvalue weighted by atomic mass is 16.5. The number of hydrogen-bond donors (Lipinski definition) is 1. The molecule has 6 nitrogen and oxygen atoms in total. The highest BCUT2D eigenvalue weighted by Gasteiger charge is 2.29. The molecule has 1 N–H and O–H groups in total. The van der Waals surface area contributed by atoms with Crippen LogP contribution in [0, 0.1) is 20.8 Å². The molecule has 0 unspecified atom stereocenters. The van der Waals surface area contributed by atoms with Gasteiger partial charge in [0.05, 0.1) is 12.7 Å². The highest BCUT2D eigenvalue weighted by Crippen LogP contribution is 2.26. The number of aryl methyl sites for hydroxylation is 2. The second-order valence-electron chi connectivity index (χ2n) is 7.72. The number of piperazine rings is 1. The Morgan fingerprint density at radius 2 is 1.79 bits per heavy atom. The van der Waals surface area contributed by atoms with E-state index >= 15 is 0 Å². The van der Waals surface area contributed by atoms with Gasteiger partial charge in [-0.2, -0.15) is 0 Å². The number of H-pyrrole nitrogens is 1. The van der Waals surface area contributed by atoms with Crippen LogP contribution in [0.2, 0.25) is 0 Å². The van der Waals surface area contributed by atoms with Crippen LogP contribution in [0.4, 0.5) is 5.69 Å². The first-order valence-corrected chi connectivity index (χ1v) is 10.3. The minimum atomic E-state index is -0.388. The Kier molecular flexibility index (Phi) is 6.30. The summed E-state index contributed by atoms with van der Waals surface area (Å²) in [5.74, 6) is -0.423. The molecule has 29 heavy (non-hydrogen) atoms. The van der Waals surface area contributed by atoms with E-state index in [2.05, 4.69) is 41.9 Å². The van der Waals surface area contributed by atoms with Crippen molar-refractivity contribution in [2.75, 3.05) is 38.2 Å². The van der Waals surface area contributed by atoms with E-state index in [1.165, 1.54) is 23.9 Å². The molecule has 0 bridgehead atoms. The Labute approximate surface area is 172 Å². The molecule has 0 saturated carbocycles. The van der Waals surface area contributed by atoms with Gasteiger partial charge in [-0.3, -0.25) is 4.79 Å². The maximum absolute atomic E-state index is 13.3. The Morgan fingerprint density at radius 3 is 2.41 bits per heavy atom. The summed E-state index contributed by atoms with van der Waals surface area (Å²) in [7, 11) is 1.37. The van der Waals surface area contributed by atoms with Crippen LogP contribution in [-0.4, -0.2) is 55.0 Å². The third-order valence-corrected chi connectivity index (χ3v) is 5.88. The first kappa shape index (κ1) is 21.0. The topological polar surface area (TPSA) is 65.6 Å². The monoisotopic (exact) mass is 397 g/mol. The summed E-state index contributed by atoms with van der Waals surface area (Å²) < 4.78 is 4.94. The van der Waals surface area contributed by atoms with Gasteiger partial charge in [0.1, 0.15) is 5.69 Å². The van der Waals surface area contributed by atoms with Gasteiger partial charge in [0.25, 0.3) is 5.91 Å². The van der Waals surface area contributed by atoms with E-state index in [1.54, 1.807) is 0 Å². The van der Waals surface area contributed by atoms with E-state index < -0.39 is 0 Å². The van der Waals surface area contributed by atoms with E-state index in [9.17, 15) is 9.59 Å². The van der Waals surface area contributed by atoms with E-state index in [4.69, 9.17) is 4.74 Å². The fourth-order valence-corrected chi connectivity index (χ4v) is 4.12. The van der Waals surface area contributed by atoms with Crippen LogP contribution in [0.15, 0.2) is 18.2 Å². The summed E-state index contributed by atoms with van der Waals surface area (Å²) in [5.41, 5.74) is 6.32. The predicted octanol–water partition coefficient (Wildman–Crippen LogP) is 3.64. The van der Waals surface area contributed by atoms with Crippen LogP contribution in [-0.2, 0) is 11.2 Å². The number of hydrogen-bond acceptors (Lipinski definition) is 4. The average Bonchev–Trinajstić information content (AvgIpc) is 3.05. The van der Waals surface area contributed by atoms with Gasteiger partial charge in [-0.1, -0.05) is 25.5 Å². The van der Waals surface area contributed by atoms with Gasteiger partial charge >= 0.3 is 5.97 Å². The summed E-state index contributed by atoms with van der Waals surface area (Å²) >= 11 is 0.